The Labute approximate surface area is 272 Å². The zero-order valence-corrected chi connectivity index (χ0v) is 25.8. The fourth-order valence-electron chi connectivity index (χ4n) is 6.49. The molecule has 16 heteroatoms. The highest BCUT2D eigenvalue weighted by Crippen LogP contribution is 2.47. The monoisotopic (exact) mass is 715 g/mol. The number of alkyl halides is 12. The van der Waals surface area contributed by atoms with E-state index in [9.17, 15) is 57.8 Å². The van der Waals surface area contributed by atoms with Gasteiger partial charge in [0, 0.05) is 18.6 Å². The summed E-state index contributed by atoms with van der Waals surface area (Å²) in [5.74, 6) is -0.440. The fourth-order valence-corrected chi connectivity index (χ4v) is 6.49. The zero-order chi connectivity index (χ0) is 36.3. The summed E-state index contributed by atoms with van der Waals surface area (Å²) >= 11 is 0. The van der Waals surface area contributed by atoms with Gasteiger partial charge in [0.1, 0.15) is 13.2 Å². The lowest BCUT2D eigenvalue weighted by molar-refractivity contribution is -0.144. The number of nitrogens with zero attached hydrogens (tertiary/aromatic N) is 1. The number of ether oxygens (including phenoxy) is 2. The molecule has 2 aliphatic heterocycles. The van der Waals surface area contributed by atoms with Crippen molar-refractivity contribution in [3.05, 3.63) is 93.0 Å². The third kappa shape index (κ3) is 8.39. The van der Waals surface area contributed by atoms with Crippen molar-refractivity contribution in [3.63, 3.8) is 0 Å². The average molecular weight is 716 g/mol. The molecule has 2 aliphatic rings. The summed E-state index contributed by atoms with van der Waals surface area (Å²) in [6.45, 7) is 2.43. The molecule has 0 radical (unpaired) electrons. The summed E-state index contributed by atoms with van der Waals surface area (Å²) in [6.07, 6.45) is -19.4. The predicted octanol–water partition coefficient (Wildman–Crippen LogP) is 9.75. The molecule has 3 atom stereocenters. The van der Waals surface area contributed by atoms with Gasteiger partial charge < -0.3 is 14.6 Å². The number of rotatable bonds is 6. The van der Waals surface area contributed by atoms with Crippen LogP contribution in [0.25, 0.3) is 0 Å². The first-order valence-corrected chi connectivity index (χ1v) is 14.9. The highest BCUT2D eigenvalue weighted by Gasteiger charge is 2.43. The van der Waals surface area contributed by atoms with Gasteiger partial charge in [-0.3, -0.25) is 4.90 Å². The average Bonchev–Trinajstić information content (AvgIpc) is 2.96. The van der Waals surface area contributed by atoms with Gasteiger partial charge in [-0.2, -0.15) is 52.7 Å². The Balaban J connectivity index is 1.54. The lowest BCUT2D eigenvalue weighted by Crippen LogP contribution is -2.52. The van der Waals surface area contributed by atoms with Crippen LogP contribution in [0.1, 0.15) is 77.2 Å². The van der Waals surface area contributed by atoms with Gasteiger partial charge in [0.2, 0.25) is 0 Å². The van der Waals surface area contributed by atoms with E-state index in [0.717, 1.165) is 0 Å². The molecule has 0 bridgehead atoms. The van der Waals surface area contributed by atoms with Crippen molar-refractivity contribution in [3.8, 4) is 11.5 Å². The first-order valence-electron chi connectivity index (χ1n) is 14.9. The molecule has 3 aromatic carbocycles. The largest absolute Gasteiger partial charge is 0.485 e. The van der Waals surface area contributed by atoms with Gasteiger partial charge in [0.05, 0.1) is 27.9 Å². The van der Waals surface area contributed by atoms with Gasteiger partial charge in [-0.05, 0) is 104 Å². The third-order valence-electron chi connectivity index (χ3n) is 8.62. The molecule has 268 valence electrons. The van der Waals surface area contributed by atoms with Crippen LogP contribution in [-0.2, 0) is 44.3 Å². The van der Waals surface area contributed by atoms with Crippen LogP contribution in [0, 0.1) is 0 Å². The maximum Gasteiger partial charge on any atom is 0.416 e. The van der Waals surface area contributed by atoms with Crippen molar-refractivity contribution in [1.29, 1.82) is 0 Å². The van der Waals surface area contributed by atoms with E-state index in [1.165, 1.54) is 12.1 Å². The van der Waals surface area contributed by atoms with Crippen molar-refractivity contribution < 1.29 is 67.3 Å². The Bertz CT molecular complexity index is 1630. The van der Waals surface area contributed by atoms with Crippen LogP contribution in [0.15, 0.2) is 48.5 Å². The zero-order valence-electron chi connectivity index (χ0n) is 25.8. The molecule has 0 unspecified atom stereocenters. The number of hydrogen-bond donors (Lipinski definition) is 1. The molecule has 0 aromatic heterocycles. The number of piperidine rings is 1. The van der Waals surface area contributed by atoms with Gasteiger partial charge in [-0.25, -0.2) is 0 Å². The first kappa shape index (κ1) is 36.6. The number of benzene rings is 3. The minimum Gasteiger partial charge on any atom is -0.485 e. The number of hydrogen-bond acceptors (Lipinski definition) is 4. The van der Waals surface area contributed by atoms with E-state index in [1.54, 1.807) is 6.92 Å². The number of fused-ring (bicyclic) bond motifs is 3. The lowest BCUT2D eigenvalue weighted by Gasteiger charge is -2.49. The van der Waals surface area contributed by atoms with Gasteiger partial charge in [-0.1, -0.05) is 0 Å². The predicted molar refractivity (Wildman–Crippen MR) is 150 cm³/mol. The van der Waals surface area contributed by atoms with E-state index < -0.39 is 76.9 Å². The van der Waals surface area contributed by atoms with E-state index in [0.29, 0.717) is 54.8 Å². The second kappa shape index (κ2) is 12.6. The Morgan fingerprint density at radius 1 is 0.653 bits per heavy atom. The standard InChI is InChI=1S/C33H29F12NO3/c1-17-13-29(2,47)14-26-25-12-28(49-16-19-7-23(32(40,41)42)11-24(8-19)33(43,44)45)27(9-20(25)3-4-46(17)26)48-15-18-5-21(30(34,35)36)10-22(6-18)31(37,38)39/h5-12,17,26,47H,3-4,13-16H2,1-2H3/t17-,26+,29-/m1/s1. The number of aliphatic hydroxyl groups is 1. The first-order chi connectivity index (χ1) is 22.4. The molecule has 2 heterocycles. The normalized spacial score (nSPS) is 22.0. The minimum absolute atomic E-state index is 0.0486. The van der Waals surface area contributed by atoms with Crippen LogP contribution in [0.3, 0.4) is 0 Å². The second-order valence-electron chi connectivity index (χ2n) is 12.7. The summed E-state index contributed by atoms with van der Waals surface area (Å²) in [7, 11) is 0. The summed E-state index contributed by atoms with van der Waals surface area (Å²) in [5, 5.41) is 10.9. The van der Waals surface area contributed by atoms with Gasteiger partial charge in [-0.15, -0.1) is 0 Å². The molecule has 49 heavy (non-hydrogen) atoms. The second-order valence-corrected chi connectivity index (χ2v) is 12.7. The van der Waals surface area contributed by atoms with Crippen molar-refractivity contribution >= 4 is 0 Å². The molecule has 0 aliphatic carbocycles. The molecule has 0 spiro atoms. The van der Waals surface area contributed by atoms with Crippen molar-refractivity contribution in [2.75, 3.05) is 6.54 Å². The van der Waals surface area contributed by atoms with Gasteiger partial charge >= 0.3 is 24.7 Å². The molecule has 5 rings (SSSR count). The molecule has 0 amide bonds. The van der Waals surface area contributed by atoms with Crippen LogP contribution in [0.5, 0.6) is 11.5 Å². The highest BCUT2D eigenvalue weighted by atomic mass is 19.4. The molecule has 0 saturated carbocycles. The highest BCUT2D eigenvalue weighted by molar-refractivity contribution is 5.50. The van der Waals surface area contributed by atoms with Crippen LogP contribution < -0.4 is 9.47 Å². The summed E-state index contributed by atoms with van der Waals surface area (Å²) in [4.78, 5) is 2.12. The smallest absolute Gasteiger partial charge is 0.416 e. The van der Waals surface area contributed by atoms with Gasteiger partial charge in [0.25, 0.3) is 0 Å². The summed E-state index contributed by atoms with van der Waals surface area (Å²) < 4.78 is 173. The molecule has 3 aromatic rings. The maximum atomic E-state index is 13.5. The van der Waals surface area contributed by atoms with Crippen molar-refractivity contribution in [2.24, 2.45) is 0 Å². The Kier molecular flexibility index (Phi) is 9.41. The SMILES string of the molecule is C[C@@H]1C[C@@](C)(O)C[C@H]2c3cc(OCc4cc(C(F)(F)F)cc(C(F)(F)F)c4)c(OCc4cc(C(F)(F)F)cc(C(F)(F)F)c4)cc3CCN12. The summed E-state index contributed by atoms with van der Waals surface area (Å²) in [6, 6.07) is 4.19. The molecule has 1 N–H and O–H groups in total. The number of halogens is 12. The van der Waals surface area contributed by atoms with E-state index >= 15 is 0 Å². The van der Waals surface area contributed by atoms with Crippen LogP contribution in [0.2, 0.25) is 0 Å². The third-order valence-corrected chi connectivity index (χ3v) is 8.62. The molecule has 1 saturated heterocycles. The van der Waals surface area contributed by atoms with E-state index in [-0.39, 0.29) is 42.1 Å². The summed E-state index contributed by atoms with van der Waals surface area (Å²) in [5.41, 5.74) is -7.18. The Hall–Kier alpha value is -3.66. The Morgan fingerprint density at radius 2 is 1.06 bits per heavy atom. The molecule has 1 fully saturated rings. The quantitative estimate of drug-likeness (QED) is 0.258. The van der Waals surface area contributed by atoms with Gasteiger partial charge in [0.15, 0.2) is 11.5 Å². The van der Waals surface area contributed by atoms with Crippen LogP contribution in [-0.4, -0.2) is 28.2 Å². The maximum absolute atomic E-state index is 13.5. The molecule has 4 nitrogen and oxygen atoms in total. The van der Waals surface area contributed by atoms with E-state index in [4.69, 9.17) is 9.47 Å². The van der Waals surface area contributed by atoms with E-state index in [1.807, 2.05) is 6.92 Å². The molecular weight excluding hydrogens is 686 g/mol. The molecular formula is C33H29F12NO3. The lowest BCUT2D eigenvalue weighted by atomic mass is 9.77. The Morgan fingerprint density at radius 3 is 1.47 bits per heavy atom. The van der Waals surface area contributed by atoms with Crippen molar-refractivity contribution in [2.45, 2.75) is 88.7 Å². The fraction of sp³-hybridized carbons (Fsp3) is 0.455. The van der Waals surface area contributed by atoms with Crippen LogP contribution >= 0.6 is 0 Å². The van der Waals surface area contributed by atoms with Crippen LogP contribution in [0.4, 0.5) is 52.7 Å². The van der Waals surface area contributed by atoms with E-state index in [2.05, 4.69) is 4.90 Å². The minimum atomic E-state index is -5.13. The van der Waals surface area contributed by atoms with Crippen molar-refractivity contribution in [1.82, 2.24) is 4.90 Å². The topological polar surface area (TPSA) is 41.9 Å².